The maximum Gasteiger partial charge on any atom is 0.123 e. The summed E-state index contributed by atoms with van der Waals surface area (Å²) in [6.45, 7) is 6.77. The minimum absolute atomic E-state index is 0.0215. The monoisotopic (exact) mass is 258 g/mol. The lowest BCUT2D eigenvalue weighted by Gasteiger charge is -2.19. The van der Waals surface area contributed by atoms with E-state index in [0.717, 1.165) is 28.8 Å². The van der Waals surface area contributed by atoms with Crippen LogP contribution in [0.2, 0.25) is 0 Å². The fourth-order valence-corrected chi connectivity index (χ4v) is 2.30. The van der Waals surface area contributed by atoms with Gasteiger partial charge < -0.3 is 5.32 Å². The number of halogens is 1. The summed E-state index contributed by atoms with van der Waals surface area (Å²) in [4.78, 5) is 4.22. The largest absolute Gasteiger partial charge is 0.306 e. The summed E-state index contributed by atoms with van der Waals surface area (Å²) < 4.78 is 13.6. The van der Waals surface area contributed by atoms with E-state index in [1.807, 2.05) is 39.2 Å². The van der Waals surface area contributed by atoms with Crippen molar-refractivity contribution >= 4 is 0 Å². The molecule has 2 nitrogen and oxygen atoms in total. The molecule has 0 aliphatic heterocycles. The molecule has 2 aromatic rings. The van der Waals surface area contributed by atoms with Crippen LogP contribution in [0, 0.1) is 19.7 Å². The first-order chi connectivity index (χ1) is 9.10. The van der Waals surface area contributed by atoms with Crippen LogP contribution < -0.4 is 5.32 Å². The van der Waals surface area contributed by atoms with Gasteiger partial charge in [0.15, 0.2) is 0 Å². The van der Waals surface area contributed by atoms with Crippen LogP contribution in [0.1, 0.15) is 35.2 Å². The Morgan fingerprint density at radius 2 is 1.79 bits per heavy atom. The Labute approximate surface area is 113 Å². The van der Waals surface area contributed by atoms with Crippen LogP contribution in [0.25, 0.3) is 0 Å². The molecule has 1 N–H and O–H groups in total. The maximum atomic E-state index is 13.6. The van der Waals surface area contributed by atoms with E-state index in [2.05, 4.69) is 16.4 Å². The first-order valence-electron chi connectivity index (χ1n) is 6.52. The summed E-state index contributed by atoms with van der Waals surface area (Å²) in [7, 11) is 0. The second-order valence-electron chi connectivity index (χ2n) is 4.85. The molecule has 0 spiro atoms. The van der Waals surface area contributed by atoms with Gasteiger partial charge in [-0.2, -0.15) is 0 Å². The SMILES string of the molecule is CCNC(c1cncc(C)c1)c1cc(C)cc(F)c1. The average Bonchev–Trinajstić information content (AvgIpc) is 2.34. The fourth-order valence-electron chi connectivity index (χ4n) is 2.30. The number of pyridine rings is 1. The molecule has 0 saturated heterocycles. The first-order valence-corrected chi connectivity index (χ1v) is 6.52. The van der Waals surface area contributed by atoms with Crippen molar-refractivity contribution < 1.29 is 4.39 Å². The van der Waals surface area contributed by atoms with Crippen LogP contribution in [-0.4, -0.2) is 11.5 Å². The van der Waals surface area contributed by atoms with Crippen LogP contribution in [0.4, 0.5) is 4.39 Å². The number of aryl methyl sites for hydroxylation is 2. The van der Waals surface area contributed by atoms with E-state index in [4.69, 9.17) is 0 Å². The van der Waals surface area contributed by atoms with Crippen LogP contribution in [-0.2, 0) is 0 Å². The van der Waals surface area contributed by atoms with Crippen molar-refractivity contribution in [3.63, 3.8) is 0 Å². The Balaban J connectivity index is 2.44. The summed E-state index contributed by atoms with van der Waals surface area (Å²) >= 11 is 0. The molecule has 100 valence electrons. The molecule has 2 rings (SSSR count). The molecule has 0 saturated carbocycles. The summed E-state index contributed by atoms with van der Waals surface area (Å²) in [6.07, 6.45) is 3.66. The Kier molecular flexibility index (Phi) is 4.27. The van der Waals surface area contributed by atoms with Gasteiger partial charge in [-0.1, -0.05) is 19.1 Å². The molecule has 1 aromatic heterocycles. The van der Waals surface area contributed by atoms with Crippen molar-refractivity contribution in [2.75, 3.05) is 6.54 Å². The molecule has 0 aliphatic rings. The number of nitrogens with one attached hydrogen (secondary N) is 1. The lowest BCUT2D eigenvalue weighted by Crippen LogP contribution is -2.22. The molecule has 0 radical (unpaired) electrons. The van der Waals surface area contributed by atoms with Crippen molar-refractivity contribution in [3.05, 3.63) is 64.7 Å². The number of rotatable bonds is 4. The normalized spacial score (nSPS) is 12.4. The Morgan fingerprint density at radius 3 is 2.42 bits per heavy atom. The first kappa shape index (κ1) is 13.7. The molecule has 19 heavy (non-hydrogen) atoms. The second-order valence-corrected chi connectivity index (χ2v) is 4.85. The molecule has 0 bridgehead atoms. The number of hydrogen-bond acceptors (Lipinski definition) is 2. The fraction of sp³-hybridized carbons (Fsp3) is 0.312. The molecule has 3 heteroatoms. The van der Waals surface area contributed by atoms with Crippen molar-refractivity contribution in [1.29, 1.82) is 0 Å². The van der Waals surface area contributed by atoms with Gasteiger partial charge in [0.2, 0.25) is 0 Å². The van der Waals surface area contributed by atoms with Gasteiger partial charge in [0, 0.05) is 12.4 Å². The van der Waals surface area contributed by atoms with Crippen LogP contribution >= 0.6 is 0 Å². The second kappa shape index (κ2) is 5.93. The summed E-state index contributed by atoms with van der Waals surface area (Å²) in [5, 5.41) is 3.39. The zero-order chi connectivity index (χ0) is 13.8. The Hall–Kier alpha value is -1.74. The smallest absolute Gasteiger partial charge is 0.123 e. The predicted octanol–water partition coefficient (Wildman–Crippen LogP) is 3.54. The topological polar surface area (TPSA) is 24.9 Å². The van der Waals surface area contributed by atoms with E-state index in [-0.39, 0.29) is 11.9 Å². The van der Waals surface area contributed by atoms with Gasteiger partial charge in [0.25, 0.3) is 0 Å². The highest BCUT2D eigenvalue weighted by atomic mass is 19.1. The zero-order valence-electron chi connectivity index (χ0n) is 11.6. The average molecular weight is 258 g/mol. The van der Waals surface area contributed by atoms with E-state index < -0.39 is 0 Å². The Bertz CT molecular complexity index is 546. The third-order valence-corrected chi connectivity index (χ3v) is 3.04. The molecule has 1 aromatic carbocycles. The van der Waals surface area contributed by atoms with Crippen LogP contribution in [0.5, 0.6) is 0 Å². The molecule has 1 atom stereocenters. The summed E-state index contributed by atoms with van der Waals surface area (Å²) in [5.41, 5.74) is 4.03. The van der Waals surface area contributed by atoms with E-state index in [1.54, 1.807) is 12.1 Å². The summed E-state index contributed by atoms with van der Waals surface area (Å²) in [5.74, 6) is -0.196. The maximum absolute atomic E-state index is 13.6. The quantitative estimate of drug-likeness (QED) is 0.907. The number of benzene rings is 1. The minimum Gasteiger partial charge on any atom is -0.306 e. The molecule has 1 heterocycles. The van der Waals surface area contributed by atoms with Crippen molar-refractivity contribution in [2.24, 2.45) is 0 Å². The highest BCUT2D eigenvalue weighted by Crippen LogP contribution is 2.23. The zero-order valence-corrected chi connectivity index (χ0v) is 11.6. The van der Waals surface area contributed by atoms with Gasteiger partial charge in [-0.05, 0) is 54.8 Å². The van der Waals surface area contributed by atoms with Gasteiger partial charge >= 0.3 is 0 Å². The van der Waals surface area contributed by atoms with E-state index >= 15 is 0 Å². The lowest BCUT2D eigenvalue weighted by atomic mass is 9.97. The number of nitrogens with zero attached hydrogens (tertiary/aromatic N) is 1. The van der Waals surface area contributed by atoms with Crippen molar-refractivity contribution in [1.82, 2.24) is 10.3 Å². The van der Waals surface area contributed by atoms with Crippen LogP contribution in [0.15, 0.2) is 36.7 Å². The highest BCUT2D eigenvalue weighted by molar-refractivity contribution is 5.34. The summed E-state index contributed by atoms with van der Waals surface area (Å²) in [6, 6.07) is 7.20. The standard InChI is InChI=1S/C16H19FN2/c1-4-19-16(14-6-12(3)9-18-10-14)13-5-11(2)7-15(17)8-13/h5-10,16,19H,4H2,1-3H3. The molecule has 0 fully saturated rings. The molecule has 1 unspecified atom stereocenters. The lowest BCUT2D eigenvalue weighted by molar-refractivity contribution is 0.600. The van der Waals surface area contributed by atoms with E-state index in [1.165, 1.54) is 0 Å². The van der Waals surface area contributed by atoms with Gasteiger partial charge in [0.1, 0.15) is 5.82 Å². The van der Waals surface area contributed by atoms with E-state index in [0.29, 0.717) is 0 Å². The third-order valence-electron chi connectivity index (χ3n) is 3.04. The van der Waals surface area contributed by atoms with Crippen molar-refractivity contribution in [3.8, 4) is 0 Å². The number of hydrogen-bond donors (Lipinski definition) is 1. The molecular weight excluding hydrogens is 239 g/mol. The van der Waals surface area contributed by atoms with E-state index in [9.17, 15) is 4.39 Å². The van der Waals surface area contributed by atoms with Crippen molar-refractivity contribution in [2.45, 2.75) is 26.8 Å². The minimum atomic E-state index is -0.196. The van der Waals surface area contributed by atoms with Gasteiger partial charge in [-0.15, -0.1) is 0 Å². The number of aromatic nitrogens is 1. The highest BCUT2D eigenvalue weighted by Gasteiger charge is 2.14. The van der Waals surface area contributed by atoms with Gasteiger partial charge in [-0.25, -0.2) is 4.39 Å². The molecular formula is C16H19FN2. The molecule has 0 amide bonds. The van der Waals surface area contributed by atoms with Crippen LogP contribution in [0.3, 0.4) is 0 Å². The Morgan fingerprint density at radius 1 is 1.05 bits per heavy atom. The van der Waals surface area contributed by atoms with Gasteiger partial charge in [-0.3, -0.25) is 4.98 Å². The third kappa shape index (κ3) is 3.38. The van der Waals surface area contributed by atoms with Gasteiger partial charge in [0.05, 0.1) is 6.04 Å². The molecule has 0 aliphatic carbocycles. The predicted molar refractivity (Wildman–Crippen MR) is 75.6 cm³/mol.